The van der Waals surface area contributed by atoms with E-state index in [1.54, 1.807) is 42.4 Å². The van der Waals surface area contributed by atoms with Crippen LogP contribution in [0.15, 0.2) is 78.0 Å². The van der Waals surface area contributed by atoms with E-state index < -0.39 is 12.6 Å². The first-order valence-electron chi connectivity index (χ1n) is 13.3. The van der Waals surface area contributed by atoms with Crippen molar-refractivity contribution in [2.45, 2.75) is 32.9 Å². The Hall–Kier alpha value is -4.78. The van der Waals surface area contributed by atoms with Gasteiger partial charge in [-0.1, -0.05) is 36.0 Å². The molecule has 2 heterocycles. The smallest absolute Gasteiger partial charge is 0.387 e. The maximum atomic E-state index is 12.8. The van der Waals surface area contributed by atoms with Crippen molar-refractivity contribution in [3.8, 4) is 28.6 Å². The molecule has 1 atom stereocenters. The molecular formula is C30H28F2N6O4S. The monoisotopic (exact) mass is 606 g/mol. The molecule has 0 aliphatic carbocycles. The highest BCUT2D eigenvalue weighted by molar-refractivity contribution is 8.15. The standard InChI is InChI=1S/C30H28F2N6O4S/c1-18-14-24(41-3)12-13-25(18)38-26(39)16-43-30(38)35-29(40)34-19(2)15-20-4-6-21(7-5-20)27-33-17-37(36-27)22-8-10-23(11-9-22)42-28(31)32/h4-14,17,19,28H,15-16H2,1-3H3,(H,34,40). The number of urea groups is 1. The normalized spacial score (nSPS) is 14.8. The van der Waals surface area contributed by atoms with Crippen LogP contribution in [0, 0.1) is 6.92 Å². The molecule has 0 radical (unpaired) electrons. The fourth-order valence-electron chi connectivity index (χ4n) is 4.51. The van der Waals surface area contributed by atoms with Crippen LogP contribution in [0.2, 0.25) is 0 Å². The van der Waals surface area contributed by atoms with E-state index >= 15 is 0 Å². The number of aromatic nitrogens is 3. The van der Waals surface area contributed by atoms with Crippen LogP contribution >= 0.6 is 11.8 Å². The largest absolute Gasteiger partial charge is 0.497 e. The van der Waals surface area contributed by atoms with Gasteiger partial charge in [0.05, 0.1) is 24.2 Å². The summed E-state index contributed by atoms with van der Waals surface area (Å²) in [6, 6.07) is 18.4. The summed E-state index contributed by atoms with van der Waals surface area (Å²) >= 11 is 1.22. The number of benzene rings is 3. The van der Waals surface area contributed by atoms with Gasteiger partial charge in [0.25, 0.3) is 0 Å². The van der Waals surface area contributed by atoms with Crippen LogP contribution in [0.4, 0.5) is 19.3 Å². The highest BCUT2D eigenvalue weighted by atomic mass is 32.2. The van der Waals surface area contributed by atoms with Crippen LogP contribution in [-0.4, -0.2) is 57.4 Å². The van der Waals surface area contributed by atoms with Gasteiger partial charge >= 0.3 is 12.6 Å². The zero-order valence-electron chi connectivity index (χ0n) is 23.5. The topological polar surface area (TPSA) is 111 Å². The lowest BCUT2D eigenvalue weighted by molar-refractivity contribution is -0.115. The molecule has 4 aromatic rings. The Kier molecular flexibility index (Phi) is 9.00. The third-order valence-electron chi connectivity index (χ3n) is 6.55. The molecule has 0 spiro atoms. The zero-order valence-corrected chi connectivity index (χ0v) is 24.3. The van der Waals surface area contributed by atoms with Gasteiger partial charge in [0.15, 0.2) is 11.0 Å². The second kappa shape index (κ2) is 13.0. The first-order chi connectivity index (χ1) is 20.7. The van der Waals surface area contributed by atoms with Crippen LogP contribution in [-0.2, 0) is 11.2 Å². The van der Waals surface area contributed by atoms with Crippen molar-refractivity contribution in [3.05, 3.63) is 84.2 Å². The Bertz CT molecular complexity index is 1640. The van der Waals surface area contributed by atoms with Gasteiger partial charge in [-0.2, -0.15) is 13.8 Å². The number of amidine groups is 1. The quantitative estimate of drug-likeness (QED) is 0.263. The molecule has 0 saturated carbocycles. The third-order valence-corrected chi connectivity index (χ3v) is 7.47. The lowest BCUT2D eigenvalue weighted by Crippen LogP contribution is -2.35. The van der Waals surface area contributed by atoms with Crippen molar-refractivity contribution in [1.82, 2.24) is 20.1 Å². The van der Waals surface area contributed by atoms with Gasteiger partial charge in [-0.15, -0.1) is 5.10 Å². The molecule has 43 heavy (non-hydrogen) atoms. The van der Waals surface area contributed by atoms with Crippen LogP contribution in [0.1, 0.15) is 18.1 Å². The fourth-order valence-corrected chi connectivity index (χ4v) is 5.37. The molecule has 1 aliphatic heterocycles. The predicted octanol–water partition coefficient (Wildman–Crippen LogP) is 5.63. The highest BCUT2D eigenvalue weighted by Crippen LogP contribution is 2.31. The fraction of sp³-hybridized carbons (Fsp3) is 0.233. The molecule has 1 unspecified atom stereocenters. The summed E-state index contributed by atoms with van der Waals surface area (Å²) in [5.74, 6) is 1.30. The summed E-state index contributed by atoms with van der Waals surface area (Å²) < 4.78 is 35.9. The number of nitrogens with zero attached hydrogens (tertiary/aromatic N) is 5. The number of ether oxygens (including phenoxy) is 2. The summed E-state index contributed by atoms with van der Waals surface area (Å²) in [5.41, 5.74) is 3.91. The second-order valence-corrected chi connectivity index (χ2v) is 10.6. The molecule has 5 rings (SSSR count). The number of carbonyl (C=O) groups excluding carboxylic acids is 2. The summed E-state index contributed by atoms with van der Waals surface area (Å²) in [6.07, 6.45) is 2.10. The number of carbonyl (C=O) groups is 2. The lowest BCUT2D eigenvalue weighted by atomic mass is 10.1. The first kappa shape index (κ1) is 29.7. The third kappa shape index (κ3) is 7.17. The Morgan fingerprint density at radius 3 is 2.49 bits per heavy atom. The van der Waals surface area contributed by atoms with E-state index in [0.717, 1.165) is 16.7 Å². The van der Waals surface area contributed by atoms with Crippen molar-refractivity contribution in [1.29, 1.82) is 0 Å². The number of rotatable bonds is 9. The van der Waals surface area contributed by atoms with E-state index in [1.807, 2.05) is 44.2 Å². The Balaban J connectivity index is 1.19. The number of hydrogen-bond acceptors (Lipinski definition) is 7. The first-order valence-corrected chi connectivity index (χ1v) is 14.2. The van der Waals surface area contributed by atoms with Gasteiger partial charge in [0.2, 0.25) is 5.91 Å². The minimum Gasteiger partial charge on any atom is -0.497 e. The van der Waals surface area contributed by atoms with E-state index in [9.17, 15) is 18.4 Å². The number of amides is 3. The number of methoxy groups -OCH3 is 1. The zero-order chi connectivity index (χ0) is 30.5. The minimum atomic E-state index is -2.89. The number of halogens is 2. The van der Waals surface area contributed by atoms with Gasteiger partial charge in [0.1, 0.15) is 17.8 Å². The Labute approximate surface area is 250 Å². The molecule has 0 bridgehead atoms. The molecule has 1 fully saturated rings. The summed E-state index contributed by atoms with van der Waals surface area (Å²) in [5, 5.41) is 7.69. The molecule has 1 saturated heterocycles. The van der Waals surface area contributed by atoms with E-state index in [-0.39, 0.29) is 23.5 Å². The Morgan fingerprint density at radius 1 is 1.09 bits per heavy atom. The van der Waals surface area contributed by atoms with Crippen molar-refractivity contribution >= 4 is 34.6 Å². The lowest BCUT2D eigenvalue weighted by Gasteiger charge is -2.19. The van der Waals surface area contributed by atoms with Gasteiger partial charge in [-0.25, -0.2) is 14.5 Å². The van der Waals surface area contributed by atoms with Gasteiger partial charge < -0.3 is 14.8 Å². The van der Waals surface area contributed by atoms with Crippen LogP contribution in [0.5, 0.6) is 11.5 Å². The van der Waals surface area contributed by atoms with Crippen LogP contribution in [0.3, 0.4) is 0 Å². The SMILES string of the molecule is COc1ccc(N2C(=O)CSC2=NC(=O)NC(C)Cc2ccc(-c3ncn(-c4ccc(OC(F)F)cc4)n3)cc2)c(C)c1. The average molecular weight is 607 g/mol. The van der Waals surface area contributed by atoms with E-state index in [1.165, 1.54) is 28.8 Å². The number of hydrogen-bond donors (Lipinski definition) is 1. The second-order valence-electron chi connectivity index (χ2n) is 9.70. The van der Waals surface area contributed by atoms with Crippen molar-refractivity contribution in [3.63, 3.8) is 0 Å². The molecule has 3 aromatic carbocycles. The molecular weight excluding hydrogens is 578 g/mol. The molecule has 3 amide bonds. The summed E-state index contributed by atoms with van der Waals surface area (Å²) in [4.78, 5) is 35.4. The van der Waals surface area contributed by atoms with E-state index in [0.29, 0.717) is 34.5 Å². The molecule has 1 N–H and O–H groups in total. The number of aliphatic imine (C=N–C) groups is 1. The van der Waals surface area contributed by atoms with Gasteiger partial charge in [-0.3, -0.25) is 9.69 Å². The van der Waals surface area contributed by atoms with Gasteiger partial charge in [0, 0.05) is 11.6 Å². The summed E-state index contributed by atoms with van der Waals surface area (Å²) in [6.45, 7) is 0.866. The predicted molar refractivity (Wildman–Crippen MR) is 160 cm³/mol. The molecule has 13 heteroatoms. The number of nitrogens with one attached hydrogen (secondary N) is 1. The molecule has 10 nitrogen and oxygen atoms in total. The van der Waals surface area contributed by atoms with Crippen molar-refractivity contribution in [2.24, 2.45) is 4.99 Å². The van der Waals surface area contributed by atoms with E-state index in [4.69, 9.17) is 4.74 Å². The van der Waals surface area contributed by atoms with Gasteiger partial charge in [-0.05, 0) is 73.9 Å². The number of aryl methyl sites for hydroxylation is 1. The maximum Gasteiger partial charge on any atom is 0.387 e. The van der Waals surface area contributed by atoms with E-state index in [2.05, 4.69) is 25.1 Å². The van der Waals surface area contributed by atoms with Crippen molar-refractivity contribution < 1.29 is 27.8 Å². The summed E-state index contributed by atoms with van der Waals surface area (Å²) in [7, 11) is 1.58. The number of anilines is 1. The Morgan fingerprint density at radius 2 is 1.81 bits per heavy atom. The maximum absolute atomic E-state index is 12.8. The highest BCUT2D eigenvalue weighted by Gasteiger charge is 2.31. The number of thioether (sulfide) groups is 1. The molecule has 222 valence electrons. The van der Waals surface area contributed by atoms with Crippen molar-refractivity contribution in [2.75, 3.05) is 17.8 Å². The van der Waals surface area contributed by atoms with Crippen LogP contribution < -0.4 is 19.7 Å². The number of alkyl halides is 2. The minimum absolute atomic E-state index is 0.0608. The average Bonchev–Trinajstić information content (AvgIpc) is 3.60. The molecule has 1 aromatic heterocycles. The molecule has 1 aliphatic rings. The van der Waals surface area contributed by atoms with Crippen LogP contribution in [0.25, 0.3) is 17.1 Å².